The zero-order valence-electron chi connectivity index (χ0n) is 17.1. The Kier molecular flexibility index (Phi) is 5.21. The van der Waals surface area contributed by atoms with Crippen molar-refractivity contribution in [1.82, 2.24) is 14.5 Å². The monoisotopic (exact) mass is 424 g/mol. The molecule has 1 aromatic heterocycles. The molecule has 1 aliphatic rings. The number of carbonyl (C=O) groups is 1. The number of rotatable bonds is 6. The van der Waals surface area contributed by atoms with Crippen molar-refractivity contribution in [2.24, 2.45) is 0 Å². The molecule has 1 aliphatic carbocycles. The molecule has 1 saturated carbocycles. The molecule has 156 valence electrons. The van der Waals surface area contributed by atoms with Gasteiger partial charge < -0.3 is 5.32 Å². The molecule has 0 atom stereocenters. The standard InChI is InChI=1S/C22H24N4O3S/c1-14-9-15(2)11-19(10-14)26-21(12-16(3)24-26)23-22(27)17-5-4-6-20(13-17)30(28,29)25-18-7-8-18/h4-6,9-13,18,25H,7-8H2,1-3H3,(H,23,27). The fourth-order valence-corrected chi connectivity index (χ4v) is 4.69. The molecule has 1 heterocycles. The number of amides is 1. The van der Waals surface area contributed by atoms with Crippen LogP contribution in [0.3, 0.4) is 0 Å². The third-order valence-electron chi connectivity index (χ3n) is 4.83. The lowest BCUT2D eigenvalue weighted by molar-refractivity contribution is 0.102. The number of hydrogen-bond donors (Lipinski definition) is 2. The van der Waals surface area contributed by atoms with Gasteiger partial charge in [0.2, 0.25) is 10.0 Å². The van der Waals surface area contributed by atoms with Crippen LogP contribution in [-0.2, 0) is 10.0 Å². The first-order chi connectivity index (χ1) is 14.2. The summed E-state index contributed by atoms with van der Waals surface area (Å²) in [7, 11) is -3.63. The fraction of sp³-hybridized carbons (Fsp3) is 0.273. The Hall–Kier alpha value is -2.97. The lowest BCUT2D eigenvalue weighted by Crippen LogP contribution is -2.26. The number of sulfonamides is 1. The van der Waals surface area contributed by atoms with E-state index in [0.29, 0.717) is 5.82 Å². The van der Waals surface area contributed by atoms with Gasteiger partial charge in [-0.25, -0.2) is 17.8 Å². The average molecular weight is 425 g/mol. The second kappa shape index (κ2) is 7.70. The Labute approximate surface area is 176 Å². The van der Waals surface area contributed by atoms with Gasteiger partial charge in [-0.2, -0.15) is 5.10 Å². The molecule has 3 aromatic rings. The maximum Gasteiger partial charge on any atom is 0.256 e. The molecular formula is C22H24N4O3S. The van der Waals surface area contributed by atoms with E-state index in [1.165, 1.54) is 12.1 Å². The first-order valence-corrected chi connectivity index (χ1v) is 11.3. The molecule has 30 heavy (non-hydrogen) atoms. The molecule has 0 aliphatic heterocycles. The summed E-state index contributed by atoms with van der Waals surface area (Å²) in [4.78, 5) is 13.0. The highest BCUT2D eigenvalue weighted by molar-refractivity contribution is 7.89. The minimum absolute atomic E-state index is 0.00240. The largest absolute Gasteiger partial charge is 0.306 e. The summed E-state index contributed by atoms with van der Waals surface area (Å²) in [5, 5.41) is 7.37. The zero-order chi connectivity index (χ0) is 21.5. The van der Waals surface area contributed by atoms with E-state index in [2.05, 4.69) is 21.2 Å². The van der Waals surface area contributed by atoms with E-state index in [0.717, 1.165) is 35.3 Å². The lowest BCUT2D eigenvalue weighted by atomic mass is 10.1. The lowest BCUT2D eigenvalue weighted by Gasteiger charge is -2.11. The molecule has 2 aromatic carbocycles. The molecule has 4 rings (SSSR count). The van der Waals surface area contributed by atoms with E-state index < -0.39 is 15.9 Å². The van der Waals surface area contributed by atoms with Crippen LogP contribution >= 0.6 is 0 Å². The van der Waals surface area contributed by atoms with Gasteiger partial charge in [0, 0.05) is 17.7 Å². The topological polar surface area (TPSA) is 93.1 Å². The summed E-state index contributed by atoms with van der Waals surface area (Å²) in [6, 6.07) is 13.9. The summed E-state index contributed by atoms with van der Waals surface area (Å²) in [6.45, 7) is 5.87. The van der Waals surface area contributed by atoms with Crippen molar-refractivity contribution in [2.45, 2.75) is 44.6 Å². The van der Waals surface area contributed by atoms with Crippen LogP contribution in [0.25, 0.3) is 5.69 Å². The maximum atomic E-state index is 12.9. The van der Waals surface area contributed by atoms with Crippen molar-refractivity contribution in [3.05, 3.63) is 70.9 Å². The number of hydrogen-bond acceptors (Lipinski definition) is 4. The third-order valence-corrected chi connectivity index (χ3v) is 6.35. The summed E-state index contributed by atoms with van der Waals surface area (Å²) in [5.41, 5.74) is 4.06. The summed E-state index contributed by atoms with van der Waals surface area (Å²) < 4.78 is 29.2. The molecule has 8 heteroatoms. The van der Waals surface area contributed by atoms with Crippen molar-refractivity contribution in [1.29, 1.82) is 0 Å². The van der Waals surface area contributed by atoms with Crippen LogP contribution in [0.5, 0.6) is 0 Å². The number of nitrogens with zero attached hydrogens (tertiary/aromatic N) is 2. The Morgan fingerprint density at radius 3 is 2.40 bits per heavy atom. The minimum atomic E-state index is -3.63. The fourth-order valence-electron chi connectivity index (χ4n) is 3.34. The van der Waals surface area contributed by atoms with Gasteiger partial charge in [0.05, 0.1) is 16.3 Å². The van der Waals surface area contributed by atoms with Gasteiger partial charge in [-0.3, -0.25) is 4.79 Å². The van der Waals surface area contributed by atoms with Gasteiger partial charge in [-0.1, -0.05) is 12.1 Å². The van der Waals surface area contributed by atoms with E-state index >= 15 is 0 Å². The molecule has 2 N–H and O–H groups in total. The number of carbonyl (C=O) groups excluding carboxylic acids is 1. The molecular weight excluding hydrogens is 400 g/mol. The highest BCUT2D eigenvalue weighted by Gasteiger charge is 2.28. The second-order valence-electron chi connectivity index (χ2n) is 7.81. The SMILES string of the molecule is Cc1cc(C)cc(-n2nc(C)cc2NC(=O)c2cccc(S(=O)(=O)NC3CC3)c2)c1. The first-order valence-electron chi connectivity index (χ1n) is 9.80. The number of nitrogens with one attached hydrogen (secondary N) is 2. The zero-order valence-corrected chi connectivity index (χ0v) is 18.0. The van der Waals surface area contributed by atoms with Crippen LogP contribution in [0.15, 0.2) is 53.4 Å². The van der Waals surface area contributed by atoms with Gasteiger partial charge in [-0.15, -0.1) is 0 Å². The molecule has 1 amide bonds. The normalized spacial score (nSPS) is 14.0. The third kappa shape index (κ3) is 4.44. The van der Waals surface area contributed by atoms with Crippen molar-refractivity contribution < 1.29 is 13.2 Å². The molecule has 0 unspecified atom stereocenters. The number of aromatic nitrogens is 2. The van der Waals surface area contributed by atoms with Crippen LogP contribution in [0.1, 0.15) is 40.0 Å². The highest BCUT2D eigenvalue weighted by atomic mass is 32.2. The van der Waals surface area contributed by atoms with E-state index in [9.17, 15) is 13.2 Å². The van der Waals surface area contributed by atoms with Crippen molar-refractivity contribution in [3.63, 3.8) is 0 Å². The highest BCUT2D eigenvalue weighted by Crippen LogP contribution is 2.23. The molecule has 0 radical (unpaired) electrons. The van der Waals surface area contributed by atoms with Gasteiger partial charge in [0.25, 0.3) is 5.91 Å². The maximum absolute atomic E-state index is 12.9. The number of aryl methyl sites for hydroxylation is 3. The molecule has 0 bridgehead atoms. The molecule has 1 fully saturated rings. The minimum Gasteiger partial charge on any atom is -0.306 e. The second-order valence-corrected chi connectivity index (χ2v) is 9.52. The summed E-state index contributed by atoms with van der Waals surface area (Å²) in [5.74, 6) is 0.121. The Balaban J connectivity index is 1.61. The summed E-state index contributed by atoms with van der Waals surface area (Å²) in [6.07, 6.45) is 1.70. The van der Waals surface area contributed by atoms with E-state index in [1.54, 1.807) is 22.9 Å². The van der Waals surface area contributed by atoms with E-state index in [1.807, 2.05) is 32.9 Å². The van der Waals surface area contributed by atoms with Gasteiger partial charge in [0.15, 0.2) is 0 Å². The quantitative estimate of drug-likeness (QED) is 0.633. The van der Waals surface area contributed by atoms with Crippen LogP contribution < -0.4 is 10.0 Å². The van der Waals surface area contributed by atoms with Crippen molar-refractivity contribution in [2.75, 3.05) is 5.32 Å². The Morgan fingerprint density at radius 1 is 1.03 bits per heavy atom. The molecule has 0 saturated heterocycles. The van der Waals surface area contributed by atoms with Gasteiger partial charge in [0.1, 0.15) is 5.82 Å². The predicted molar refractivity (Wildman–Crippen MR) is 116 cm³/mol. The van der Waals surface area contributed by atoms with Crippen LogP contribution in [-0.4, -0.2) is 30.1 Å². The Morgan fingerprint density at radius 2 is 1.73 bits per heavy atom. The Bertz CT molecular complexity index is 1210. The van der Waals surface area contributed by atoms with E-state index in [-0.39, 0.29) is 16.5 Å². The van der Waals surface area contributed by atoms with Gasteiger partial charge >= 0.3 is 0 Å². The van der Waals surface area contributed by atoms with Crippen LogP contribution in [0.4, 0.5) is 5.82 Å². The van der Waals surface area contributed by atoms with Crippen LogP contribution in [0, 0.1) is 20.8 Å². The van der Waals surface area contributed by atoms with Crippen molar-refractivity contribution in [3.8, 4) is 5.69 Å². The first kappa shape index (κ1) is 20.3. The molecule has 0 spiro atoms. The number of anilines is 1. The predicted octanol–water partition coefficient (Wildman–Crippen LogP) is 3.49. The summed E-state index contributed by atoms with van der Waals surface area (Å²) >= 11 is 0. The van der Waals surface area contributed by atoms with E-state index in [4.69, 9.17) is 0 Å². The number of benzene rings is 2. The van der Waals surface area contributed by atoms with Gasteiger partial charge in [-0.05, 0) is 75.1 Å². The molecule has 7 nitrogen and oxygen atoms in total. The smallest absolute Gasteiger partial charge is 0.256 e. The van der Waals surface area contributed by atoms with Crippen LogP contribution in [0.2, 0.25) is 0 Å². The average Bonchev–Trinajstić information content (AvgIpc) is 3.40. The van der Waals surface area contributed by atoms with Crippen molar-refractivity contribution >= 4 is 21.7 Å².